The monoisotopic (exact) mass is 363 g/mol. The molecule has 25 heavy (non-hydrogen) atoms. The van der Waals surface area contributed by atoms with Crippen molar-refractivity contribution in [2.45, 2.75) is 23.5 Å². The maximum Gasteiger partial charge on any atom is 0.0769 e. The van der Waals surface area contributed by atoms with Crippen LogP contribution in [0.5, 0.6) is 0 Å². The Bertz CT molecular complexity index is 914. The Labute approximate surface area is 157 Å². The molecule has 4 rings (SSSR count). The highest BCUT2D eigenvalue weighted by Crippen LogP contribution is 2.45. The van der Waals surface area contributed by atoms with E-state index in [1.807, 2.05) is 23.9 Å². The van der Waals surface area contributed by atoms with Crippen LogP contribution < -0.4 is 0 Å². The summed E-state index contributed by atoms with van der Waals surface area (Å²) in [6.45, 7) is 2.11. The van der Waals surface area contributed by atoms with Crippen molar-refractivity contribution < 1.29 is 0 Å². The Morgan fingerprint density at radius 1 is 0.920 bits per heavy atom. The molecule has 0 fully saturated rings. The van der Waals surface area contributed by atoms with Gasteiger partial charge in [0.15, 0.2) is 0 Å². The van der Waals surface area contributed by atoms with Crippen molar-refractivity contribution in [1.29, 1.82) is 0 Å². The first-order valence-corrected chi connectivity index (χ1v) is 9.60. The average Bonchev–Trinajstić information content (AvgIpc) is 2.82. The van der Waals surface area contributed by atoms with E-state index < -0.39 is 0 Å². The van der Waals surface area contributed by atoms with E-state index in [4.69, 9.17) is 16.6 Å². The van der Waals surface area contributed by atoms with Crippen LogP contribution in [0.4, 0.5) is 5.69 Å². The van der Waals surface area contributed by atoms with Gasteiger partial charge in [-0.3, -0.25) is 4.99 Å². The van der Waals surface area contributed by atoms with Gasteiger partial charge in [0.1, 0.15) is 0 Å². The van der Waals surface area contributed by atoms with E-state index in [1.165, 1.54) is 21.6 Å². The number of hydrogen-bond donors (Lipinski definition) is 0. The van der Waals surface area contributed by atoms with Crippen LogP contribution in [-0.4, -0.2) is 5.71 Å². The highest BCUT2D eigenvalue weighted by molar-refractivity contribution is 7.99. The van der Waals surface area contributed by atoms with E-state index in [2.05, 4.69) is 67.6 Å². The fourth-order valence-electron chi connectivity index (χ4n) is 3.00. The van der Waals surface area contributed by atoms with Crippen LogP contribution in [0.3, 0.4) is 0 Å². The molecule has 1 nitrogen and oxygen atoms in total. The summed E-state index contributed by atoms with van der Waals surface area (Å²) >= 11 is 7.95. The summed E-state index contributed by atoms with van der Waals surface area (Å²) in [5.74, 6) is 0. The van der Waals surface area contributed by atoms with Gasteiger partial charge >= 0.3 is 0 Å². The largest absolute Gasteiger partial charge is 0.252 e. The van der Waals surface area contributed by atoms with Gasteiger partial charge in [0.25, 0.3) is 0 Å². The van der Waals surface area contributed by atoms with Crippen LogP contribution in [0, 0.1) is 6.92 Å². The number of hydrogen-bond acceptors (Lipinski definition) is 2. The summed E-state index contributed by atoms with van der Waals surface area (Å²) in [5, 5.41) is 1.09. The Morgan fingerprint density at radius 3 is 2.40 bits per heavy atom. The summed E-state index contributed by atoms with van der Waals surface area (Å²) in [5.41, 5.74) is 5.94. The van der Waals surface area contributed by atoms with Crippen molar-refractivity contribution in [2.24, 2.45) is 4.99 Å². The normalized spacial score (nSPS) is 16.7. The quantitative estimate of drug-likeness (QED) is 0.477. The fraction of sp³-hybridized carbons (Fsp3) is 0.136. The van der Waals surface area contributed by atoms with E-state index in [1.54, 1.807) is 0 Å². The second kappa shape index (κ2) is 7.07. The number of aryl methyl sites for hydroxylation is 1. The molecule has 3 aromatic carbocycles. The Hall–Kier alpha value is -2.03. The first kappa shape index (κ1) is 16.4. The zero-order valence-electron chi connectivity index (χ0n) is 13.9. The number of halogens is 1. The maximum absolute atomic E-state index is 6.07. The van der Waals surface area contributed by atoms with Crippen LogP contribution in [0.15, 0.2) is 82.7 Å². The van der Waals surface area contributed by atoms with Crippen molar-refractivity contribution in [1.82, 2.24) is 0 Å². The molecule has 0 bridgehead atoms. The molecule has 0 amide bonds. The molecule has 0 saturated heterocycles. The molecule has 1 heterocycles. The number of benzene rings is 3. The standard InChI is InChI=1S/C22H18ClNS/c1-15-6-8-16(9-7-15)20-14-22(17-10-12-18(23)13-11-17)25-21-5-3-2-4-19(21)24-20/h2-13,22H,14H2,1H3/t22-/m0/s1. The highest BCUT2D eigenvalue weighted by Gasteiger charge is 2.22. The van der Waals surface area contributed by atoms with Crippen molar-refractivity contribution in [2.75, 3.05) is 0 Å². The second-order valence-electron chi connectivity index (χ2n) is 6.25. The third-order valence-corrected chi connectivity index (χ3v) is 5.97. The van der Waals surface area contributed by atoms with Gasteiger partial charge in [-0.15, -0.1) is 11.8 Å². The minimum atomic E-state index is 0.320. The molecule has 0 unspecified atom stereocenters. The van der Waals surface area contributed by atoms with Gasteiger partial charge in [-0.05, 0) is 42.3 Å². The lowest BCUT2D eigenvalue weighted by molar-refractivity contribution is 1.01. The first-order chi connectivity index (χ1) is 12.2. The van der Waals surface area contributed by atoms with Gasteiger partial charge in [0, 0.05) is 27.3 Å². The molecule has 1 aliphatic rings. The van der Waals surface area contributed by atoms with Crippen molar-refractivity contribution >= 4 is 34.8 Å². The lowest BCUT2D eigenvalue weighted by Gasteiger charge is -2.16. The third kappa shape index (κ3) is 3.65. The van der Waals surface area contributed by atoms with Crippen LogP contribution >= 0.6 is 23.4 Å². The Kier molecular flexibility index (Phi) is 4.65. The van der Waals surface area contributed by atoms with E-state index in [0.717, 1.165) is 22.8 Å². The summed E-state index contributed by atoms with van der Waals surface area (Å²) in [7, 11) is 0. The maximum atomic E-state index is 6.07. The van der Waals surface area contributed by atoms with Crippen LogP contribution in [0.1, 0.15) is 28.4 Å². The van der Waals surface area contributed by atoms with Gasteiger partial charge < -0.3 is 0 Å². The number of nitrogens with zero attached hydrogens (tertiary/aromatic N) is 1. The highest BCUT2D eigenvalue weighted by atomic mass is 35.5. The second-order valence-corrected chi connectivity index (χ2v) is 7.94. The van der Waals surface area contributed by atoms with Crippen molar-refractivity contribution in [3.8, 4) is 0 Å². The zero-order chi connectivity index (χ0) is 17.2. The van der Waals surface area contributed by atoms with Crippen LogP contribution in [-0.2, 0) is 0 Å². The number of rotatable bonds is 2. The fourth-order valence-corrected chi connectivity index (χ4v) is 4.36. The van der Waals surface area contributed by atoms with Gasteiger partial charge in [0.2, 0.25) is 0 Å². The van der Waals surface area contributed by atoms with E-state index in [9.17, 15) is 0 Å². The Balaban J connectivity index is 1.78. The SMILES string of the molecule is Cc1ccc(C2=Nc3ccccc3S[C@H](c3ccc(Cl)cc3)C2)cc1. The van der Waals surface area contributed by atoms with E-state index in [-0.39, 0.29) is 0 Å². The van der Waals surface area contributed by atoms with Gasteiger partial charge in [-0.2, -0.15) is 0 Å². The molecular formula is C22H18ClNS. The summed E-state index contributed by atoms with van der Waals surface area (Å²) < 4.78 is 0. The zero-order valence-corrected chi connectivity index (χ0v) is 15.5. The minimum absolute atomic E-state index is 0.320. The number of aliphatic imine (C=N–C) groups is 1. The van der Waals surface area contributed by atoms with E-state index in [0.29, 0.717) is 5.25 Å². The molecule has 0 spiro atoms. The lowest BCUT2D eigenvalue weighted by atomic mass is 10.0. The topological polar surface area (TPSA) is 12.4 Å². The average molecular weight is 364 g/mol. The summed E-state index contributed by atoms with van der Waals surface area (Å²) in [6, 6.07) is 25.2. The molecule has 0 aromatic heterocycles. The third-order valence-electron chi connectivity index (χ3n) is 4.40. The molecule has 0 saturated carbocycles. The minimum Gasteiger partial charge on any atom is -0.252 e. The van der Waals surface area contributed by atoms with Crippen molar-refractivity contribution in [3.63, 3.8) is 0 Å². The Morgan fingerprint density at radius 2 is 1.64 bits per heavy atom. The predicted molar refractivity (Wildman–Crippen MR) is 108 cm³/mol. The van der Waals surface area contributed by atoms with Gasteiger partial charge in [-0.25, -0.2) is 0 Å². The van der Waals surface area contributed by atoms with Crippen molar-refractivity contribution in [3.05, 3.63) is 94.5 Å². The molecule has 0 aliphatic carbocycles. The number of thioether (sulfide) groups is 1. The molecule has 0 radical (unpaired) electrons. The predicted octanol–water partition coefficient (Wildman–Crippen LogP) is 7.01. The molecule has 3 aromatic rings. The summed E-state index contributed by atoms with van der Waals surface area (Å²) in [6.07, 6.45) is 0.893. The smallest absolute Gasteiger partial charge is 0.0769 e. The summed E-state index contributed by atoms with van der Waals surface area (Å²) in [4.78, 5) is 6.23. The molecule has 1 aliphatic heterocycles. The van der Waals surface area contributed by atoms with Gasteiger partial charge in [-0.1, -0.05) is 65.7 Å². The molecule has 124 valence electrons. The molecule has 0 N–H and O–H groups in total. The van der Waals surface area contributed by atoms with Crippen LogP contribution in [0.2, 0.25) is 5.02 Å². The first-order valence-electron chi connectivity index (χ1n) is 8.35. The number of fused-ring (bicyclic) bond motifs is 1. The van der Waals surface area contributed by atoms with Gasteiger partial charge in [0.05, 0.1) is 5.69 Å². The molecule has 3 heteroatoms. The lowest BCUT2D eigenvalue weighted by Crippen LogP contribution is -2.05. The van der Waals surface area contributed by atoms with E-state index >= 15 is 0 Å². The molecule has 1 atom stereocenters. The number of para-hydroxylation sites is 1. The van der Waals surface area contributed by atoms with Crippen LogP contribution in [0.25, 0.3) is 0 Å². The molecular weight excluding hydrogens is 346 g/mol.